The first kappa shape index (κ1) is 11.1. The Morgan fingerprint density at radius 2 is 2.56 bits per heavy atom. The van der Waals surface area contributed by atoms with E-state index >= 15 is 0 Å². The van der Waals surface area contributed by atoms with Crippen molar-refractivity contribution in [3.05, 3.63) is 18.3 Å². The van der Waals surface area contributed by atoms with E-state index in [0.29, 0.717) is 19.0 Å². The second-order valence-electron chi connectivity index (χ2n) is 3.67. The van der Waals surface area contributed by atoms with Crippen LogP contribution in [0.3, 0.4) is 0 Å². The number of anilines is 2. The lowest BCUT2D eigenvalue weighted by Gasteiger charge is -2.33. The molecule has 2 rings (SSSR count). The van der Waals surface area contributed by atoms with Gasteiger partial charge in [-0.2, -0.15) is 0 Å². The number of nitrogens with one attached hydrogen (secondary N) is 1. The molecule has 1 aliphatic heterocycles. The molecule has 0 spiro atoms. The summed E-state index contributed by atoms with van der Waals surface area (Å²) in [7, 11) is 0. The van der Waals surface area contributed by atoms with Crippen molar-refractivity contribution in [1.82, 2.24) is 4.98 Å². The van der Waals surface area contributed by atoms with E-state index in [2.05, 4.69) is 15.3 Å². The second kappa shape index (κ2) is 5.11. The molecule has 0 radical (unpaired) electrons. The fraction of sp³-hybridized carbons (Fsp3) is 0.500. The van der Waals surface area contributed by atoms with Gasteiger partial charge in [0.25, 0.3) is 0 Å². The van der Waals surface area contributed by atoms with Gasteiger partial charge < -0.3 is 20.2 Å². The van der Waals surface area contributed by atoms with Gasteiger partial charge in [-0.1, -0.05) is 0 Å². The van der Waals surface area contributed by atoms with Crippen LogP contribution in [0, 0.1) is 0 Å². The molecule has 0 amide bonds. The normalized spacial score (nSPS) is 20.9. The molecule has 1 aliphatic rings. The summed E-state index contributed by atoms with van der Waals surface area (Å²) in [5.41, 5.74) is 3.55. The number of nitrogen functional groups attached to an aromatic ring is 1. The molecule has 2 heterocycles. The van der Waals surface area contributed by atoms with Crippen LogP contribution in [-0.2, 0) is 4.74 Å². The molecule has 1 unspecified atom stereocenters. The number of aromatic nitrogens is 1. The molecule has 0 aliphatic carbocycles. The molecular weight excluding hydrogens is 208 g/mol. The summed E-state index contributed by atoms with van der Waals surface area (Å²) in [5.74, 6) is 5.94. The maximum absolute atomic E-state index is 9.06. The Kier molecular flexibility index (Phi) is 3.55. The first-order valence-electron chi connectivity index (χ1n) is 5.23. The molecule has 88 valence electrons. The van der Waals surface area contributed by atoms with Crippen LogP contribution in [0.15, 0.2) is 18.3 Å². The Balaban J connectivity index is 2.10. The number of nitrogens with zero attached hydrogens (tertiary/aromatic N) is 2. The molecule has 6 nitrogen and oxygen atoms in total. The highest BCUT2D eigenvalue weighted by Crippen LogP contribution is 2.19. The van der Waals surface area contributed by atoms with E-state index in [1.54, 1.807) is 6.20 Å². The maximum atomic E-state index is 9.06. The fourth-order valence-electron chi connectivity index (χ4n) is 1.76. The van der Waals surface area contributed by atoms with Gasteiger partial charge in [0.1, 0.15) is 5.82 Å². The predicted molar refractivity (Wildman–Crippen MR) is 61.1 cm³/mol. The first-order chi connectivity index (χ1) is 7.83. The number of aliphatic hydroxyl groups excluding tert-OH is 1. The molecule has 0 saturated carbocycles. The summed E-state index contributed by atoms with van der Waals surface area (Å²) < 4.78 is 5.39. The van der Waals surface area contributed by atoms with Crippen molar-refractivity contribution in [3.8, 4) is 0 Å². The summed E-state index contributed by atoms with van der Waals surface area (Å²) >= 11 is 0. The Labute approximate surface area is 94.0 Å². The zero-order chi connectivity index (χ0) is 11.4. The van der Waals surface area contributed by atoms with Crippen LogP contribution in [0.5, 0.6) is 0 Å². The maximum Gasteiger partial charge on any atom is 0.141 e. The summed E-state index contributed by atoms with van der Waals surface area (Å²) in [4.78, 5) is 6.19. The minimum absolute atomic E-state index is 0.0452. The summed E-state index contributed by atoms with van der Waals surface area (Å²) in [6, 6.07) is 3.79. The van der Waals surface area contributed by atoms with Gasteiger partial charge in [0.05, 0.1) is 19.3 Å². The second-order valence-corrected chi connectivity index (χ2v) is 3.67. The van der Waals surface area contributed by atoms with Crippen LogP contribution in [0.1, 0.15) is 0 Å². The highest BCUT2D eigenvalue weighted by molar-refractivity contribution is 5.53. The molecule has 6 heteroatoms. The lowest BCUT2D eigenvalue weighted by atomic mass is 10.2. The lowest BCUT2D eigenvalue weighted by molar-refractivity contribution is 0.00357. The van der Waals surface area contributed by atoms with Gasteiger partial charge in [-0.3, -0.25) is 0 Å². The van der Waals surface area contributed by atoms with Crippen molar-refractivity contribution in [2.45, 2.75) is 6.10 Å². The Morgan fingerprint density at radius 1 is 1.69 bits per heavy atom. The van der Waals surface area contributed by atoms with E-state index in [-0.39, 0.29) is 12.7 Å². The van der Waals surface area contributed by atoms with Gasteiger partial charge in [0.15, 0.2) is 0 Å². The Hall–Kier alpha value is -1.37. The summed E-state index contributed by atoms with van der Waals surface area (Å²) in [6.07, 6.45) is 1.59. The fourth-order valence-corrected chi connectivity index (χ4v) is 1.76. The SMILES string of the molecule is NNc1cc(N2CCOC(CO)C2)ccn1. The highest BCUT2D eigenvalue weighted by Gasteiger charge is 2.20. The van der Waals surface area contributed by atoms with Gasteiger partial charge in [0, 0.05) is 31.0 Å². The number of hydrogen-bond acceptors (Lipinski definition) is 6. The minimum Gasteiger partial charge on any atom is -0.394 e. The van der Waals surface area contributed by atoms with Crippen molar-refractivity contribution in [2.75, 3.05) is 36.6 Å². The van der Waals surface area contributed by atoms with E-state index < -0.39 is 0 Å². The third kappa shape index (κ3) is 2.41. The molecule has 1 aromatic rings. The molecule has 1 fully saturated rings. The molecular formula is C10H16N4O2. The number of morpholine rings is 1. The quantitative estimate of drug-likeness (QED) is 0.477. The molecule has 16 heavy (non-hydrogen) atoms. The van der Waals surface area contributed by atoms with Crippen molar-refractivity contribution < 1.29 is 9.84 Å². The average Bonchev–Trinajstić information content (AvgIpc) is 2.39. The van der Waals surface area contributed by atoms with E-state index in [0.717, 1.165) is 12.2 Å². The molecule has 0 aromatic carbocycles. The molecule has 1 aromatic heterocycles. The zero-order valence-corrected chi connectivity index (χ0v) is 8.97. The number of ether oxygens (including phenoxy) is 1. The van der Waals surface area contributed by atoms with Crippen molar-refractivity contribution in [1.29, 1.82) is 0 Å². The summed E-state index contributed by atoms with van der Waals surface area (Å²) in [6.45, 7) is 2.16. The van der Waals surface area contributed by atoms with E-state index in [4.69, 9.17) is 15.7 Å². The van der Waals surface area contributed by atoms with Crippen LogP contribution in [-0.4, -0.2) is 42.5 Å². The largest absolute Gasteiger partial charge is 0.394 e. The van der Waals surface area contributed by atoms with Crippen molar-refractivity contribution in [2.24, 2.45) is 5.84 Å². The van der Waals surface area contributed by atoms with E-state index in [9.17, 15) is 0 Å². The number of nitrogens with two attached hydrogens (primary N) is 1. The van der Waals surface area contributed by atoms with Crippen LogP contribution < -0.4 is 16.2 Å². The van der Waals surface area contributed by atoms with Crippen LogP contribution in [0.25, 0.3) is 0 Å². The third-order valence-corrected chi connectivity index (χ3v) is 2.60. The predicted octanol–water partition coefficient (Wildman–Crippen LogP) is -0.435. The number of aliphatic hydroxyl groups is 1. The zero-order valence-electron chi connectivity index (χ0n) is 8.97. The first-order valence-corrected chi connectivity index (χ1v) is 5.23. The number of hydrogen-bond donors (Lipinski definition) is 3. The highest BCUT2D eigenvalue weighted by atomic mass is 16.5. The Bertz CT molecular complexity index is 347. The minimum atomic E-state index is -0.115. The standard InChI is InChI=1S/C10H16N4O2/c11-13-10-5-8(1-2-12-10)14-3-4-16-9(6-14)7-15/h1-2,5,9,15H,3-4,6-7,11H2,(H,12,13). The summed E-state index contributed by atoms with van der Waals surface area (Å²) in [5, 5.41) is 9.06. The molecule has 1 saturated heterocycles. The molecule has 4 N–H and O–H groups in total. The number of hydrazine groups is 1. The van der Waals surface area contributed by atoms with Crippen molar-refractivity contribution in [3.63, 3.8) is 0 Å². The van der Waals surface area contributed by atoms with Crippen LogP contribution in [0.2, 0.25) is 0 Å². The molecule has 1 atom stereocenters. The van der Waals surface area contributed by atoms with Crippen molar-refractivity contribution >= 4 is 11.5 Å². The molecule has 0 bridgehead atoms. The monoisotopic (exact) mass is 224 g/mol. The van der Waals surface area contributed by atoms with E-state index in [1.807, 2.05) is 12.1 Å². The average molecular weight is 224 g/mol. The van der Waals surface area contributed by atoms with Crippen LogP contribution in [0.4, 0.5) is 11.5 Å². The van der Waals surface area contributed by atoms with Gasteiger partial charge in [-0.15, -0.1) is 0 Å². The van der Waals surface area contributed by atoms with Gasteiger partial charge in [-0.05, 0) is 6.07 Å². The Morgan fingerprint density at radius 3 is 3.31 bits per heavy atom. The number of pyridine rings is 1. The van der Waals surface area contributed by atoms with Crippen LogP contribution >= 0.6 is 0 Å². The third-order valence-electron chi connectivity index (χ3n) is 2.60. The topological polar surface area (TPSA) is 83.6 Å². The smallest absolute Gasteiger partial charge is 0.141 e. The van der Waals surface area contributed by atoms with Gasteiger partial charge in [-0.25, -0.2) is 10.8 Å². The van der Waals surface area contributed by atoms with Gasteiger partial charge >= 0.3 is 0 Å². The number of rotatable bonds is 3. The van der Waals surface area contributed by atoms with E-state index in [1.165, 1.54) is 0 Å². The van der Waals surface area contributed by atoms with Gasteiger partial charge in [0.2, 0.25) is 0 Å². The lowest BCUT2D eigenvalue weighted by Crippen LogP contribution is -2.44.